The van der Waals surface area contributed by atoms with E-state index in [4.69, 9.17) is 0 Å². The predicted octanol–water partition coefficient (Wildman–Crippen LogP) is 2.58. The molecule has 24 heavy (non-hydrogen) atoms. The smallest absolute Gasteiger partial charge is 0.313 e. The summed E-state index contributed by atoms with van der Waals surface area (Å²) < 4.78 is 0. The molecular weight excluding hydrogens is 322 g/mol. The molecule has 0 unspecified atom stereocenters. The Morgan fingerprint density at radius 2 is 1.96 bits per heavy atom. The van der Waals surface area contributed by atoms with Crippen LogP contribution in [0.25, 0.3) is 0 Å². The van der Waals surface area contributed by atoms with Crippen molar-refractivity contribution >= 4 is 29.3 Å². The Morgan fingerprint density at radius 3 is 2.58 bits per heavy atom. The Balaban J connectivity index is 1.75. The van der Waals surface area contributed by atoms with E-state index >= 15 is 0 Å². The first-order chi connectivity index (χ1) is 11.5. The third-order valence-electron chi connectivity index (χ3n) is 4.46. The van der Waals surface area contributed by atoms with Crippen molar-refractivity contribution in [3.63, 3.8) is 0 Å². The molecule has 0 aliphatic carbocycles. The summed E-state index contributed by atoms with van der Waals surface area (Å²) in [6.45, 7) is 7.11. The van der Waals surface area contributed by atoms with E-state index < -0.39 is 11.8 Å². The van der Waals surface area contributed by atoms with Gasteiger partial charge in [0.25, 0.3) is 0 Å². The molecule has 2 N–H and O–H groups in total. The van der Waals surface area contributed by atoms with Crippen LogP contribution in [0.4, 0.5) is 5.69 Å². The van der Waals surface area contributed by atoms with Crippen molar-refractivity contribution in [1.29, 1.82) is 0 Å². The van der Waals surface area contributed by atoms with E-state index in [9.17, 15) is 9.59 Å². The number of hydrogen-bond donors (Lipinski definition) is 2. The maximum atomic E-state index is 12.0. The largest absolute Gasteiger partial charge is 0.348 e. The molecule has 1 aromatic carbocycles. The van der Waals surface area contributed by atoms with E-state index in [2.05, 4.69) is 29.4 Å². The van der Waals surface area contributed by atoms with Crippen molar-refractivity contribution in [2.45, 2.75) is 37.6 Å². The number of hydrogen-bond acceptors (Lipinski definition) is 4. The summed E-state index contributed by atoms with van der Waals surface area (Å²) in [5.74, 6) is -0.708. The quantitative estimate of drug-likeness (QED) is 0.634. The first-order valence-electron chi connectivity index (χ1n) is 8.47. The predicted molar refractivity (Wildman–Crippen MR) is 99.3 cm³/mol. The summed E-state index contributed by atoms with van der Waals surface area (Å²) >= 11 is 1.59. The topological polar surface area (TPSA) is 61.4 Å². The molecule has 1 fully saturated rings. The summed E-state index contributed by atoms with van der Waals surface area (Å²) in [6.07, 6.45) is 4.10. The number of anilines is 1. The first-order valence-corrected chi connectivity index (χ1v) is 9.69. The van der Waals surface area contributed by atoms with Gasteiger partial charge in [-0.15, -0.1) is 11.8 Å². The zero-order valence-corrected chi connectivity index (χ0v) is 15.5. The minimum absolute atomic E-state index is 0.455. The number of benzene rings is 1. The molecule has 5 nitrogen and oxygen atoms in total. The zero-order valence-electron chi connectivity index (χ0n) is 14.7. The fraction of sp³-hybridized carbons (Fsp3) is 0.556. The number of nitrogens with zero attached hydrogens (tertiary/aromatic N) is 1. The number of rotatable bonds is 5. The molecule has 0 spiro atoms. The Hall–Kier alpha value is -1.53. The minimum Gasteiger partial charge on any atom is -0.348 e. The molecule has 2 amide bonds. The van der Waals surface area contributed by atoms with Crippen LogP contribution < -0.4 is 10.6 Å². The second-order valence-corrected chi connectivity index (χ2v) is 7.35. The van der Waals surface area contributed by atoms with Crippen LogP contribution in [0.1, 0.15) is 26.7 Å². The van der Waals surface area contributed by atoms with Crippen LogP contribution in [0.15, 0.2) is 29.2 Å². The number of carbonyl (C=O) groups is 2. The van der Waals surface area contributed by atoms with E-state index in [1.54, 1.807) is 17.8 Å². The van der Waals surface area contributed by atoms with Gasteiger partial charge in [-0.05, 0) is 70.2 Å². The molecule has 1 saturated heterocycles. The minimum atomic E-state index is -0.604. The highest BCUT2D eigenvalue weighted by Crippen LogP contribution is 2.19. The molecule has 0 saturated carbocycles. The summed E-state index contributed by atoms with van der Waals surface area (Å²) in [5.41, 5.74) is 0.646. The van der Waals surface area contributed by atoms with E-state index in [-0.39, 0.29) is 0 Å². The molecular formula is C18H27N3O2S. The molecule has 0 radical (unpaired) electrons. The summed E-state index contributed by atoms with van der Waals surface area (Å²) in [7, 11) is 0. The molecule has 0 atom stereocenters. The van der Waals surface area contributed by atoms with Crippen LogP contribution in [0.5, 0.6) is 0 Å². The van der Waals surface area contributed by atoms with Crippen molar-refractivity contribution in [3.05, 3.63) is 24.3 Å². The van der Waals surface area contributed by atoms with Crippen molar-refractivity contribution in [3.8, 4) is 0 Å². The monoisotopic (exact) mass is 349 g/mol. The van der Waals surface area contributed by atoms with Gasteiger partial charge in [-0.25, -0.2) is 0 Å². The Bertz CT molecular complexity index is 569. The van der Waals surface area contributed by atoms with Crippen molar-refractivity contribution in [2.75, 3.05) is 31.2 Å². The lowest BCUT2D eigenvalue weighted by molar-refractivity contribution is -0.136. The van der Waals surface area contributed by atoms with Gasteiger partial charge in [0.2, 0.25) is 0 Å². The van der Waals surface area contributed by atoms with E-state index in [1.807, 2.05) is 24.5 Å². The normalized spacial score (nSPS) is 16.2. The molecule has 0 aromatic heterocycles. The second kappa shape index (κ2) is 9.08. The van der Waals surface area contributed by atoms with Gasteiger partial charge in [0, 0.05) is 23.2 Å². The molecule has 0 bridgehead atoms. The standard InChI is InChI=1S/C18H27N3O2S/c1-13(2)21-9-7-14(8-10-21)12-19-17(22)18(23)20-15-5-4-6-16(11-15)24-3/h4-6,11,13-14H,7-10,12H2,1-3H3,(H,19,22)(H,20,23). The van der Waals surface area contributed by atoms with Crippen molar-refractivity contribution < 1.29 is 9.59 Å². The van der Waals surface area contributed by atoms with Crippen LogP contribution >= 0.6 is 11.8 Å². The SMILES string of the molecule is CSc1cccc(NC(=O)C(=O)NCC2CCN(C(C)C)CC2)c1. The van der Waals surface area contributed by atoms with Crippen molar-refractivity contribution in [2.24, 2.45) is 5.92 Å². The molecule has 1 aliphatic heterocycles. The highest BCUT2D eigenvalue weighted by molar-refractivity contribution is 7.98. The summed E-state index contributed by atoms with van der Waals surface area (Å²) in [5, 5.41) is 5.42. The Labute approximate surface area is 148 Å². The van der Waals surface area contributed by atoms with Gasteiger partial charge in [-0.1, -0.05) is 6.07 Å². The van der Waals surface area contributed by atoms with Gasteiger partial charge < -0.3 is 15.5 Å². The molecule has 6 heteroatoms. The highest BCUT2D eigenvalue weighted by Gasteiger charge is 2.22. The van der Waals surface area contributed by atoms with E-state index in [1.165, 1.54) is 0 Å². The van der Waals surface area contributed by atoms with Gasteiger partial charge in [0.05, 0.1) is 0 Å². The molecule has 2 rings (SSSR count). The number of carbonyl (C=O) groups excluding carboxylic acids is 2. The fourth-order valence-corrected chi connectivity index (χ4v) is 3.34. The summed E-state index contributed by atoms with van der Waals surface area (Å²) in [6, 6.07) is 8.04. The van der Waals surface area contributed by atoms with Gasteiger partial charge in [-0.3, -0.25) is 9.59 Å². The Kier molecular flexibility index (Phi) is 7.12. The van der Waals surface area contributed by atoms with Gasteiger partial charge in [-0.2, -0.15) is 0 Å². The van der Waals surface area contributed by atoms with Crippen LogP contribution in [0, 0.1) is 5.92 Å². The van der Waals surface area contributed by atoms with Gasteiger partial charge in [0.1, 0.15) is 0 Å². The second-order valence-electron chi connectivity index (χ2n) is 6.47. The third-order valence-corrected chi connectivity index (χ3v) is 5.19. The first kappa shape index (κ1) is 18.8. The average Bonchev–Trinajstić information content (AvgIpc) is 2.60. The van der Waals surface area contributed by atoms with Gasteiger partial charge >= 0.3 is 11.8 Å². The van der Waals surface area contributed by atoms with Crippen LogP contribution in [0.2, 0.25) is 0 Å². The maximum absolute atomic E-state index is 12.0. The van der Waals surface area contributed by atoms with Crippen LogP contribution in [0.3, 0.4) is 0 Å². The van der Waals surface area contributed by atoms with E-state index in [0.29, 0.717) is 24.2 Å². The number of nitrogens with one attached hydrogen (secondary N) is 2. The summed E-state index contributed by atoms with van der Waals surface area (Å²) in [4.78, 5) is 27.5. The molecule has 1 aliphatic rings. The zero-order chi connectivity index (χ0) is 17.5. The highest BCUT2D eigenvalue weighted by atomic mass is 32.2. The molecule has 1 aromatic rings. The Morgan fingerprint density at radius 1 is 1.25 bits per heavy atom. The van der Waals surface area contributed by atoms with E-state index in [0.717, 1.165) is 30.8 Å². The number of piperidine rings is 1. The number of likely N-dealkylation sites (tertiary alicyclic amines) is 1. The lowest BCUT2D eigenvalue weighted by Gasteiger charge is -2.34. The fourth-order valence-electron chi connectivity index (χ4n) is 2.88. The molecule has 132 valence electrons. The van der Waals surface area contributed by atoms with Crippen molar-refractivity contribution in [1.82, 2.24) is 10.2 Å². The number of amides is 2. The maximum Gasteiger partial charge on any atom is 0.313 e. The molecule has 1 heterocycles. The van der Waals surface area contributed by atoms with Gasteiger partial charge in [0.15, 0.2) is 0 Å². The lowest BCUT2D eigenvalue weighted by Crippen LogP contribution is -2.43. The van der Waals surface area contributed by atoms with Crippen LogP contribution in [-0.4, -0.2) is 48.6 Å². The van der Waals surface area contributed by atoms with Crippen LogP contribution in [-0.2, 0) is 9.59 Å². The average molecular weight is 350 g/mol. The lowest BCUT2D eigenvalue weighted by atomic mass is 9.96. The number of thioether (sulfide) groups is 1. The third kappa shape index (κ3) is 5.53.